The van der Waals surface area contributed by atoms with Gasteiger partial charge in [-0.25, -0.2) is 8.78 Å². The molecule has 0 saturated carbocycles. The van der Waals surface area contributed by atoms with Crippen molar-refractivity contribution >= 4 is 22.4 Å². The second kappa shape index (κ2) is 9.54. The maximum atomic E-state index is 13.6. The van der Waals surface area contributed by atoms with Gasteiger partial charge in [-0.15, -0.1) is 0 Å². The highest BCUT2D eigenvalue weighted by molar-refractivity contribution is 5.92. The number of piperazine rings is 1. The van der Waals surface area contributed by atoms with Crippen LogP contribution in [0.3, 0.4) is 0 Å². The molecule has 0 unspecified atom stereocenters. The lowest BCUT2D eigenvalue weighted by molar-refractivity contribution is -0.138. The lowest BCUT2D eigenvalue weighted by atomic mass is 9.83. The standard InChI is InChI=1S/C26H30F2N4O2/c1-26(2,17-5-7-18(27)8-6-17)25(34)32-12-10-31(11-13-32)9-3-4-20-16-21-22(24(33)30-20)14-19(28)15-23(21)29/h5-8,14-16H,3-4,9-13,29H2,1-2H3,(H,30,33). The Morgan fingerprint density at radius 3 is 2.35 bits per heavy atom. The molecule has 0 bridgehead atoms. The average molecular weight is 469 g/mol. The van der Waals surface area contributed by atoms with E-state index in [1.54, 1.807) is 12.1 Å². The van der Waals surface area contributed by atoms with Gasteiger partial charge in [-0.05, 0) is 69.1 Å². The number of nitrogens with one attached hydrogen (secondary N) is 1. The number of aromatic nitrogens is 1. The molecule has 34 heavy (non-hydrogen) atoms. The zero-order chi connectivity index (χ0) is 24.5. The zero-order valence-electron chi connectivity index (χ0n) is 19.5. The van der Waals surface area contributed by atoms with Crippen LogP contribution in [0.25, 0.3) is 10.8 Å². The number of rotatable bonds is 6. The van der Waals surface area contributed by atoms with Gasteiger partial charge in [-0.2, -0.15) is 0 Å². The molecule has 4 rings (SSSR count). The molecule has 0 radical (unpaired) electrons. The Balaban J connectivity index is 1.30. The third-order valence-electron chi connectivity index (χ3n) is 6.69. The molecule has 0 spiro atoms. The van der Waals surface area contributed by atoms with Gasteiger partial charge in [0.2, 0.25) is 5.91 Å². The molecule has 3 N–H and O–H groups in total. The van der Waals surface area contributed by atoms with Crippen molar-refractivity contribution in [1.82, 2.24) is 14.8 Å². The van der Waals surface area contributed by atoms with Crippen LogP contribution in [0.2, 0.25) is 0 Å². The van der Waals surface area contributed by atoms with Crippen LogP contribution < -0.4 is 11.3 Å². The quantitative estimate of drug-likeness (QED) is 0.543. The van der Waals surface area contributed by atoms with Gasteiger partial charge in [-0.3, -0.25) is 14.5 Å². The molecule has 1 aromatic heterocycles. The largest absolute Gasteiger partial charge is 0.398 e. The number of aryl methyl sites for hydroxylation is 1. The normalized spacial score (nSPS) is 15.1. The zero-order valence-corrected chi connectivity index (χ0v) is 19.5. The first-order chi connectivity index (χ1) is 16.1. The van der Waals surface area contributed by atoms with Gasteiger partial charge < -0.3 is 15.6 Å². The summed E-state index contributed by atoms with van der Waals surface area (Å²) in [7, 11) is 0. The summed E-state index contributed by atoms with van der Waals surface area (Å²) in [5, 5.41) is 0.821. The summed E-state index contributed by atoms with van der Waals surface area (Å²) in [6, 6.07) is 10.4. The summed E-state index contributed by atoms with van der Waals surface area (Å²) < 4.78 is 26.8. The monoisotopic (exact) mass is 468 g/mol. The minimum absolute atomic E-state index is 0.0431. The molecule has 2 heterocycles. The predicted molar refractivity (Wildman–Crippen MR) is 130 cm³/mol. The summed E-state index contributed by atoms with van der Waals surface area (Å²) >= 11 is 0. The molecular formula is C26H30F2N4O2. The Morgan fingerprint density at radius 1 is 1.00 bits per heavy atom. The van der Waals surface area contributed by atoms with Crippen molar-refractivity contribution in [3.63, 3.8) is 0 Å². The number of benzene rings is 2. The molecule has 1 aliphatic heterocycles. The number of amides is 1. The number of pyridine rings is 1. The summed E-state index contributed by atoms with van der Waals surface area (Å²) in [6.45, 7) is 7.40. The van der Waals surface area contributed by atoms with E-state index in [1.807, 2.05) is 24.8 Å². The van der Waals surface area contributed by atoms with Crippen molar-refractivity contribution < 1.29 is 13.6 Å². The summed E-state index contributed by atoms with van der Waals surface area (Å²) in [5.74, 6) is -0.797. The number of H-pyrrole nitrogens is 1. The van der Waals surface area contributed by atoms with Crippen LogP contribution in [-0.2, 0) is 16.6 Å². The summed E-state index contributed by atoms with van der Waals surface area (Å²) in [5.41, 5.74) is 6.67. The van der Waals surface area contributed by atoms with Gasteiger partial charge in [0, 0.05) is 42.9 Å². The first-order valence-corrected chi connectivity index (χ1v) is 11.5. The van der Waals surface area contributed by atoms with E-state index >= 15 is 0 Å². The lowest BCUT2D eigenvalue weighted by Gasteiger charge is -2.38. The summed E-state index contributed by atoms with van der Waals surface area (Å²) in [6.07, 6.45) is 1.50. The molecule has 1 saturated heterocycles. The van der Waals surface area contributed by atoms with E-state index in [4.69, 9.17) is 5.73 Å². The number of nitrogens with two attached hydrogens (primary N) is 1. The van der Waals surface area contributed by atoms with Crippen LogP contribution in [-0.4, -0.2) is 53.4 Å². The van der Waals surface area contributed by atoms with E-state index in [-0.39, 0.29) is 28.4 Å². The number of carbonyl (C=O) groups excluding carboxylic acids is 1. The number of fused-ring (bicyclic) bond motifs is 1. The number of aromatic amines is 1. The van der Waals surface area contributed by atoms with Crippen molar-refractivity contribution in [3.8, 4) is 0 Å². The third kappa shape index (κ3) is 4.97. The first kappa shape index (κ1) is 23.9. The predicted octanol–water partition coefficient (Wildman–Crippen LogP) is 3.44. The highest BCUT2D eigenvalue weighted by Gasteiger charge is 2.35. The molecule has 0 atom stereocenters. The number of hydrogen-bond donors (Lipinski definition) is 2. The van der Waals surface area contributed by atoms with Crippen LogP contribution in [0.4, 0.5) is 14.5 Å². The topological polar surface area (TPSA) is 82.4 Å². The highest BCUT2D eigenvalue weighted by atomic mass is 19.1. The highest BCUT2D eigenvalue weighted by Crippen LogP contribution is 2.27. The maximum absolute atomic E-state index is 13.6. The number of hydrogen-bond acceptors (Lipinski definition) is 4. The Bertz CT molecular complexity index is 1250. The Morgan fingerprint density at radius 2 is 1.68 bits per heavy atom. The fraction of sp³-hybridized carbons (Fsp3) is 0.385. The van der Waals surface area contributed by atoms with E-state index < -0.39 is 11.2 Å². The van der Waals surface area contributed by atoms with Crippen molar-refractivity contribution in [2.75, 3.05) is 38.5 Å². The molecule has 0 aliphatic carbocycles. The molecule has 1 aliphatic rings. The second-order valence-electron chi connectivity index (χ2n) is 9.45. The lowest BCUT2D eigenvalue weighted by Crippen LogP contribution is -2.53. The molecule has 3 aromatic rings. The smallest absolute Gasteiger partial charge is 0.256 e. The third-order valence-corrected chi connectivity index (χ3v) is 6.69. The van der Waals surface area contributed by atoms with E-state index in [0.29, 0.717) is 24.9 Å². The fourth-order valence-corrected chi connectivity index (χ4v) is 4.60. The average Bonchev–Trinajstić information content (AvgIpc) is 2.80. The van der Waals surface area contributed by atoms with Crippen LogP contribution in [0, 0.1) is 11.6 Å². The van der Waals surface area contributed by atoms with E-state index in [0.717, 1.165) is 37.3 Å². The number of carbonyl (C=O) groups is 1. The van der Waals surface area contributed by atoms with Gasteiger partial charge in [0.1, 0.15) is 11.6 Å². The van der Waals surface area contributed by atoms with Gasteiger partial charge in [0.15, 0.2) is 0 Å². The second-order valence-corrected chi connectivity index (χ2v) is 9.45. The molecule has 2 aromatic carbocycles. The van der Waals surface area contributed by atoms with Crippen molar-refractivity contribution in [2.24, 2.45) is 0 Å². The molecule has 1 fully saturated rings. The molecule has 6 nitrogen and oxygen atoms in total. The Labute approximate surface area is 197 Å². The SMILES string of the molecule is CC(C)(C(=O)N1CCN(CCCc2cc3c(N)cc(F)cc3c(=O)[nH]2)CC1)c1ccc(F)cc1. The molecular weight excluding hydrogens is 438 g/mol. The van der Waals surface area contributed by atoms with Crippen molar-refractivity contribution in [3.05, 3.63) is 75.7 Å². The van der Waals surface area contributed by atoms with Gasteiger partial charge >= 0.3 is 0 Å². The van der Waals surface area contributed by atoms with Crippen LogP contribution >= 0.6 is 0 Å². The number of halogens is 2. The van der Waals surface area contributed by atoms with E-state index in [2.05, 4.69) is 9.88 Å². The molecule has 8 heteroatoms. The maximum Gasteiger partial charge on any atom is 0.256 e. The van der Waals surface area contributed by atoms with E-state index in [9.17, 15) is 18.4 Å². The van der Waals surface area contributed by atoms with Gasteiger partial charge in [0.05, 0.1) is 10.8 Å². The number of anilines is 1. The van der Waals surface area contributed by atoms with Crippen molar-refractivity contribution in [1.29, 1.82) is 0 Å². The Hall–Kier alpha value is -3.26. The number of nitrogen functional groups attached to an aromatic ring is 1. The summed E-state index contributed by atoms with van der Waals surface area (Å²) in [4.78, 5) is 32.5. The minimum atomic E-state index is -0.720. The minimum Gasteiger partial charge on any atom is -0.398 e. The van der Waals surface area contributed by atoms with Crippen LogP contribution in [0.15, 0.2) is 47.3 Å². The van der Waals surface area contributed by atoms with Gasteiger partial charge in [-0.1, -0.05) is 12.1 Å². The molecule has 180 valence electrons. The molecule has 1 amide bonds. The van der Waals surface area contributed by atoms with Crippen molar-refractivity contribution in [2.45, 2.75) is 32.1 Å². The number of nitrogens with zero attached hydrogens (tertiary/aromatic N) is 2. The Kier molecular flexibility index (Phi) is 6.70. The van der Waals surface area contributed by atoms with Crippen LogP contribution in [0.5, 0.6) is 0 Å². The van der Waals surface area contributed by atoms with Gasteiger partial charge in [0.25, 0.3) is 5.56 Å². The first-order valence-electron chi connectivity index (χ1n) is 11.5. The van der Waals surface area contributed by atoms with E-state index in [1.165, 1.54) is 24.3 Å². The van der Waals surface area contributed by atoms with Crippen LogP contribution in [0.1, 0.15) is 31.5 Å². The fourth-order valence-electron chi connectivity index (χ4n) is 4.60.